The van der Waals surface area contributed by atoms with Crippen LogP contribution in [-0.4, -0.2) is 30.0 Å². The number of carbonyl (C=O) groups is 1. The summed E-state index contributed by atoms with van der Waals surface area (Å²) in [5.41, 5.74) is 5.31. The Morgan fingerprint density at radius 1 is 1.67 bits per heavy atom. The van der Waals surface area contributed by atoms with Crippen molar-refractivity contribution in [3.05, 3.63) is 0 Å². The lowest BCUT2D eigenvalue weighted by Crippen LogP contribution is -2.29. The van der Waals surface area contributed by atoms with Crippen molar-refractivity contribution < 1.29 is 4.79 Å². The van der Waals surface area contributed by atoms with Gasteiger partial charge in [0.25, 0.3) is 0 Å². The molecule has 3 N–H and O–H groups in total. The SMILES string of the molecule is CC(CCC(=O)NCCN)C1CCSS1. The largest absolute Gasteiger partial charge is 0.355 e. The average Bonchev–Trinajstić information content (AvgIpc) is 2.76. The minimum atomic E-state index is 0.142. The summed E-state index contributed by atoms with van der Waals surface area (Å²) < 4.78 is 0. The maximum Gasteiger partial charge on any atom is 0.220 e. The molecule has 2 unspecified atom stereocenters. The van der Waals surface area contributed by atoms with Gasteiger partial charge in [0.1, 0.15) is 0 Å². The van der Waals surface area contributed by atoms with Gasteiger partial charge in [0.2, 0.25) is 5.91 Å². The van der Waals surface area contributed by atoms with E-state index in [1.54, 1.807) is 0 Å². The van der Waals surface area contributed by atoms with Crippen LogP contribution < -0.4 is 11.1 Å². The molecule has 0 aliphatic carbocycles. The van der Waals surface area contributed by atoms with E-state index in [0.29, 0.717) is 25.4 Å². The van der Waals surface area contributed by atoms with Gasteiger partial charge in [0.15, 0.2) is 0 Å². The van der Waals surface area contributed by atoms with E-state index >= 15 is 0 Å². The van der Waals surface area contributed by atoms with Gasteiger partial charge in [-0.05, 0) is 18.8 Å². The molecule has 0 saturated carbocycles. The van der Waals surface area contributed by atoms with Crippen molar-refractivity contribution in [2.45, 2.75) is 31.4 Å². The lowest BCUT2D eigenvalue weighted by molar-refractivity contribution is -0.121. The van der Waals surface area contributed by atoms with E-state index in [-0.39, 0.29) is 5.91 Å². The Bertz CT molecular complexity index is 196. The number of carbonyl (C=O) groups excluding carboxylic acids is 1. The first-order valence-corrected chi connectivity index (χ1v) is 7.87. The third kappa shape index (κ3) is 5.13. The molecule has 1 fully saturated rings. The van der Waals surface area contributed by atoms with Gasteiger partial charge in [-0.15, -0.1) is 0 Å². The van der Waals surface area contributed by atoms with Crippen LogP contribution in [0.25, 0.3) is 0 Å². The summed E-state index contributed by atoms with van der Waals surface area (Å²) in [7, 11) is 3.94. The second-order valence-electron chi connectivity index (χ2n) is 3.90. The maximum absolute atomic E-state index is 11.3. The summed E-state index contributed by atoms with van der Waals surface area (Å²) in [6, 6.07) is 0. The lowest BCUT2D eigenvalue weighted by Gasteiger charge is -2.16. The Morgan fingerprint density at radius 2 is 2.47 bits per heavy atom. The standard InChI is InChI=1S/C10H20N2OS2/c1-8(9-4-7-14-15-9)2-3-10(13)12-6-5-11/h8-9H,2-7,11H2,1H3,(H,12,13). The molecule has 0 aromatic rings. The van der Waals surface area contributed by atoms with Crippen LogP contribution in [0.15, 0.2) is 0 Å². The summed E-state index contributed by atoms with van der Waals surface area (Å²) in [5, 5.41) is 3.55. The predicted molar refractivity (Wildman–Crippen MR) is 68.9 cm³/mol. The van der Waals surface area contributed by atoms with E-state index in [2.05, 4.69) is 12.2 Å². The van der Waals surface area contributed by atoms with Crippen molar-refractivity contribution in [2.75, 3.05) is 18.8 Å². The highest BCUT2D eigenvalue weighted by Crippen LogP contribution is 2.42. The average molecular weight is 248 g/mol. The fraction of sp³-hybridized carbons (Fsp3) is 0.900. The van der Waals surface area contributed by atoms with Crippen molar-refractivity contribution >= 4 is 27.5 Å². The van der Waals surface area contributed by atoms with E-state index in [9.17, 15) is 4.79 Å². The normalized spacial score (nSPS) is 22.7. The molecule has 15 heavy (non-hydrogen) atoms. The van der Waals surface area contributed by atoms with Crippen LogP contribution in [0.3, 0.4) is 0 Å². The first kappa shape index (κ1) is 13.2. The maximum atomic E-state index is 11.3. The number of hydrogen-bond acceptors (Lipinski definition) is 4. The summed E-state index contributed by atoms with van der Waals surface area (Å²) in [4.78, 5) is 11.3. The first-order valence-electron chi connectivity index (χ1n) is 5.49. The minimum Gasteiger partial charge on any atom is -0.355 e. The Kier molecular flexibility index (Phi) is 6.52. The Hall–Kier alpha value is 0.130. The molecule has 1 rings (SSSR count). The van der Waals surface area contributed by atoms with Gasteiger partial charge >= 0.3 is 0 Å². The molecule has 1 aliphatic heterocycles. The number of hydrogen-bond donors (Lipinski definition) is 2. The Balaban J connectivity index is 2.09. The molecule has 0 aromatic carbocycles. The molecule has 88 valence electrons. The lowest BCUT2D eigenvalue weighted by atomic mass is 9.99. The smallest absolute Gasteiger partial charge is 0.220 e. The molecular formula is C10H20N2OS2. The van der Waals surface area contributed by atoms with Crippen LogP contribution in [-0.2, 0) is 4.79 Å². The molecule has 3 nitrogen and oxygen atoms in total. The highest BCUT2D eigenvalue weighted by atomic mass is 33.1. The van der Waals surface area contributed by atoms with Crippen molar-refractivity contribution in [1.82, 2.24) is 5.32 Å². The molecule has 1 amide bonds. The van der Waals surface area contributed by atoms with Crippen LogP contribution in [0.4, 0.5) is 0 Å². The van der Waals surface area contributed by atoms with Gasteiger partial charge in [0.05, 0.1) is 0 Å². The molecular weight excluding hydrogens is 228 g/mol. The highest BCUT2D eigenvalue weighted by molar-refractivity contribution is 8.77. The number of nitrogens with one attached hydrogen (secondary N) is 1. The number of amides is 1. The summed E-state index contributed by atoms with van der Waals surface area (Å²) >= 11 is 0. The topological polar surface area (TPSA) is 55.1 Å². The second kappa shape index (κ2) is 7.41. The molecule has 1 heterocycles. The molecule has 0 spiro atoms. The summed E-state index contributed by atoms with van der Waals surface area (Å²) in [6.07, 6.45) is 2.93. The fourth-order valence-corrected chi connectivity index (χ4v) is 4.84. The summed E-state index contributed by atoms with van der Waals surface area (Å²) in [6.45, 7) is 3.37. The third-order valence-electron chi connectivity index (χ3n) is 2.61. The van der Waals surface area contributed by atoms with E-state index in [0.717, 1.165) is 11.7 Å². The summed E-state index contributed by atoms with van der Waals surface area (Å²) in [5.74, 6) is 2.05. The zero-order valence-corrected chi connectivity index (χ0v) is 10.8. The van der Waals surface area contributed by atoms with Gasteiger partial charge in [-0.2, -0.15) is 0 Å². The molecule has 0 radical (unpaired) electrons. The van der Waals surface area contributed by atoms with Crippen molar-refractivity contribution in [3.63, 3.8) is 0 Å². The van der Waals surface area contributed by atoms with Crippen LogP contribution in [0.5, 0.6) is 0 Å². The molecule has 0 aromatic heterocycles. The van der Waals surface area contributed by atoms with E-state index in [4.69, 9.17) is 5.73 Å². The van der Waals surface area contributed by atoms with Crippen LogP contribution >= 0.6 is 21.6 Å². The predicted octanol–water partition coefficient (Wildman–Crippen LogP) is 1.63. The number of rotatable bonds is 6. The van der Waals surface area contributed by atoms with Gasteiger partial charge in [-0.25, -0.2) is 0 Å². The minimum absolute atomic E-state index is 0.142. The second-order valence-corrected chi connectivity index (χ2v) is 6.63. The fourth-order valence-electron chi connectivity index (χ4n) is 1.57. The van der Waals surface area contributed by atoms with Gasteiger partial charge in [-0.3, -0.25) is 4.79 Å². The quantitative estimate of drug-likeness (QED) is 0.702. The van der Waals surface area contributed by atoms with Crippen LogP contribution in [0.1, 0.15) is 26.2 Å². The Labute approximate surface area is 99.7 Å². The van der Waals surface area contributed by atoms with Crippen molar-refractivity contribution in [3.8, 4) is 0 Å². The zero-order chi connectivity index (χ0) is 11.1. The molecule has 2 atom stereocenters. The monoisotopic (exact) mass is 248 g/mol. The zero-order valence-electron chi connectivity index (χ0n) is 9.20. The van der Waals surface area contributed by atoms with Gasteiger partial charge in [0, 0.05) is 30.5 Å². The van der Waals surface area contributed by atoms with Gasteiger partial charge in [-0.1, -0.05) is 28.5 Å². The Morgan fingerprint density at radius 3 is 3.07 bits per heavy atom. The van der Waals surface area contributed by atoms with Crippen molar-refractivity contribution in [1.29, 1.82) is 0 Å². The van der Waals surface area contributed by atoms with E-state index in [1.807, 2.05) is 21.6 Å². The third-order valence-corrected chi connectivity index (χ3v) is 5.74. The van der Waals surface area contributed by atoms with E-state index in [1.165, 1.54) is 12.2 Å². The first-order chi connectivity index (χ1) is 7.24. The van der Waals surface area contributed by atoms with Crippen LogP contribution in [0.2, 0.25) is 0 Å². The number of nitrogens with two attached hydrogens (primary N) is 1. The molecule has 5 heteroatoms. The van der Waals surface area contributed by atoms with E-state index < -0.39 is 0 Å². The highest BCUT2D eigenvalue weighted by Gasteiger charge is 2.23. The van der Waals surface area contributed by atoms with Gasteiger partial charge < -0.3 is 11.1 Å². The molecule has 1 saturated heterocycles. The molecule has 1 aliphatic rings. The molecule has 0 bridgehead atoms. The van der Waals surface area contributed by atoms with Crippen LogP contribution in [0, 0.1) is 5.92 Å². The van der Waals surface area contributed by atoms with Crippen molar-refractivity contribution in [2.24, 2.45) is 11.7 Å².